The van der Waals surface area contributed by atoms with Crippen LogP contribution in [0.3, 0.4) is 0 Å². The fraction of sp³-hybridized carbons (Fsp3) is 0.486. The van der Waals surface area contributed by atoms with E-state index in [1.807, 2.05) is 32.9 Å². The van der Waals surface area contributed by atoms with Crippen LogP contribution in [-0.2, 0) is 17.8 Å². The van der Waals surface area contributed by atoms with Gasteiger partial charge >= 0.3 is 0 Å². The summed E-state index contributed by atoms with van der Waals surface area (Å²) < 4.78 is 5.50. The van der Waals surface area contributed by atoms with Gasteiger partial charge in [-0.25, -0.2) is 0 Å². The highest BCUT2D eigenvalue weighted by molar-refractivity contribution is 6.11. The van der Waals surface area contributed by atoms with Crippen LogP contribution in [0.1, 0.15) is 70.9 Å². The molecule has 5 rings (SSSR count). The Morgan fingerprint density at radius 1 is 1.02 bits per heavy atom. The molecule has 2 aliphatic rings. The Morgan fingerprint density at radius 3 is 2.37 bits per heavy atom. The van der Waals surface area contributed by atoms with Crippen molar-refractivity contribution in [2.45, 2.75) is 78.3 Å². The van der Waals surface area contributed by atoms with Crippen LogP contribution in [0.15, 0.2) is 47.3 Å². The fourth-order valence-corrected chi connectivity index (χ4v) is 6.62. The minimum Gasteiger partial charge on any atom is -0.379 e. The third-order valence-corrected chi connectivity index (χ3v) is 9.17. The molecule has 1 aliphatic heterocycles. The molecule has 43 heavy (non-hydrogen) atoms. The number of rotatable bonds is 9. The number of pyridine rings is 1. The van der Waals surface area contributed by atoms with Gasteiger partial charge in [0.15, 0.2) is 0 Å². The lowest BCUT2D eigenvalue weighted by Crippen LogP contribution is -2.38. The predicted molar refractivity (Wildman–Crippen MR) is 175 cm³/mol. The van der Waals surface area contributed by atoms with Crippen LogP contribution in [0.5, 0.6) is 0 Å². The predicted octanol–water partition coefficient (Wildman–Crippen LogP) is 5.46. The average molecular weight is 581 g/mol. The molecule has 2 fully saturated rings. The van der Waals surface area contributed by atoms with Crippen LogP contribution >= 0.6 is 0 Å². The first kappa shape index (κ1) is 31.1. The third-order valence-electron chi connectivity index (χ3n) is 9.17. The van der Waals surface area contributed by atoms with Crippen molar-refractivity contribution in [3.8, 4) is 11.1 Å². The molecule has 0 bridgehead atoms. The highest BCUT2D eigenvalue weighted by atomic mass is 16.5. The number of nitrogens with one attached hydrogen (secondary N) is 2. The van der Waals surface area contributed by atoms with Crippen molar-refractivity contribution in [2.75, 3.05) is 37.7 Å². The number of hydrogen-bond donors (Lipinski definition) is 2. The van der Waals surface area contributed by atoms with E-state index in [-0.39, 0.29) is 23.8 Å². The molecule has 1 aliphatic carbocycles. The number of benzene rings is 2. The molecule has 7 nitrogen and oxygen atoms in total. The molecule has 226 valence electrons. The quantitative estimate of drug-likeness (QED) is 0.329. The lowest BCUT2D eigenvalue weighted by Gasteiger charge is -2.38. The van der Waals surface area contributed by atoms with Crippen LogP contribution in [0.2, 0.25) is 5.82 Å². The zero-order chi connectivity index (χ0) is 30.5. The topological polar surface area (TPSA) is 77.7 Å². The summed E-state index contributed by atoms with van der Waals surface area (Å²) in [6.07, 6.45) is 4.13. The molecule has 2 N–H and O–H groups in total. The zero-order valence-electron chi connectivity index (χ0n) is 26.2. The Hall–Kier alpha value is -3.36. The maximum absolute atomic E-state index is 13.8. The van der Waals surface area contributed by atoms with E-state index in [0.29, 0.717) is 17.2 Å². The van der Waals surface area contributed by atoms with Gasteiger partial charge in [0.2, 0.25) is 0 Å². The zero-order valence-corrected chi connectivity index (χ0v) is 26.2. The number of hydrogen-bond acceptors (Lipinski definition) is 5. The van der Waals surface area contributed by atoms with Gasteiger partial charge in [-0.2, -0.15) is 0 Å². The van der Waals surface area contributed by atoms with E-state index in [1.54, 1.807) is 0 Å². The average Bonchev–Trinajstić information content (AvgIpc) is 2.99. The van der Waals surface area contributed by atoms with Crippen molar-refractivity contribution in [3.05, 3.63) is 86.3 Å². The number of aryl methyl sites for hydroxylation is 2. The van der Waals surface area contributed by atoms with Crippen molar-refractivity contribution in [3.63, 3.8) is 0 Å². The van der Waals surface area contributed by atoms with Gasteiger partial charge in [0.05, 0.1) is 21.1 Å². The second-order valence-electron chi connectivity index (χ2n) is 12.2. The van der Waals surface area contributed by atoms with E-state index in [1.165, 1.54) is 5.56 Å². The number of anilines is 1. The molecule has 0 atom stereocenters. The lowest BCUT2D eigenvalue weighted by molar-refractivity contribution is 0.0342. The number of nitrogens with zero attached hydrogens (tertiary/aromatic N) is 2. The van der Waals surface area contributed by atoms with Gasteiger partial charge in [0.25, 0.3) is 11.5 Å². The maximum Gasteiger partial charge on any atom is 0.253 e. The SMILES string of the molecule is [B]C1CCC(N(CC)c2cc(-c3ccc(CN4CCOCC4)cc3)cc(C(=O)NCc3c(C)cc(C)[nH]c3=O)c2C)CC1. The standard InChI is InChI=1S/C35H45BN4O3/c1-5-40(30-12-10-29(36)11-13-30)33-20-28(27-8-6-26(7-9-27)22-39-14-16-43-17-15-39)19-31(25(33)4)34(41)37-21-32-23(2)18-24(3)38-35(32)42/h6-9,18-20,29-30H,5,10-17,21-22H2,1-4H3,(H,37,41)(H,38,42). The Morgan fingerprint density at radius 2 is 1.72 bits per heavy atom. The lowest BCUT2D eigenvalue weighted by atomic mass is 9.73. The van der Waals surface area contributed by atoms with Gasteiger partial charge in [0, 0.05) is 61.3 Å². The fourth-order valence-electron chi connectivity index (χ4n) is 6.62. The summed E-state index contributed by atoms with van der Waals surface area (Å²) in [6, 6.07) is 15.3. The second kappa shape index (κ2) is 14.0. The van der Waals surface area contributed by atoms with Gasteiger partial charge in [-0.1, -0.05) is 42.9 Å². The molecule has 3 aromatic rings. The van der Waals surface area contributed by atoms with Crippen LogP contribution in [0.4, 0.5) is 5.69 Å². The highest BCUT2D eigenvalue weighted by Crippen LogP contribution is 2.37. The Kier molecular flexibility index (Phi) is 10.1. The van der Waals surface area contributed by atoms with Crippen molar-refractivity contribution >= 4 is 19.4 Å². The van der Waals surface area contributed by atoms with E-state index < -0.39 is 0 Å². The van der Waals surface area contributed by atoms with Crippen LogP contribution in [-0.4, -0.2) is 62.5 Å². The first-order valence-electron chi connectivity index (χ1n) is 15.8. The number of aromatic amines is 1. The molecule has 2 aromatic carbocycles. The third kappa shape index (κ3) is 7.42. The molecule has 2 heterocycles. The molecule has 1 saturated heterocycles. The second-order valence-corrected chi connectivity index (χ2v) is 12.2. The van der Waals surface area contributed by atoms with Gasteiger partial charge in [0.1, 0.15) is 0 Å². The van der Waals surface area contributed by atoms with E-state index in [2.05, 4.69) is 57.4 Å². The summed E-state index contributed by atoms with van der Waals surface area (Å²) in [4.78, 5) is 34.1. The highest BCUT2D eigenvalue weighted by Gasteiger charge is 2.26. The summed E-state index contributed by atoms with van der Waals surface area (Å²) in [5.74, 6) is 0.0960. The van der Waals surface area contributed by atoms with Gasteiger partial charge in [-0.05, 0) is 86.6 Å². The van der Waals surface area contributed by atoms with E-state index in [9.17, 15) is 9.59 Å². The van der Waals surface area contributed by atoms with Crippen molar-refractivity contribution < 1.29 is 9.53 Å². The summed E-state index contributed by atoms with van der Waals surface area (Å²) in [6.45, 7) is 13.4. The number of aromatic nitrogens is 1. The Labute approximate surface area is 257 Å². The van der Waals surface area contributed by atoms with Crippen LogP contribution < -0.4 is 15.8 Å². The van der Waals surface area contributed by atoms with Crippen molar-refractivity contribution in [2.24, 2.45) is 0 Å². The number of morpholine rings is 1. The molecule has 1 aromatic heterocycles. The maximum atomic E-state index is 13.8. The number of carbonyl (C=O) groups excluding carboxylic acids is 1. The molecular weight excluding hydrogens is 535 g/mol. The van der Waals surface area contributed by atoms with E-state index in [4.69, 9.17) is 12.6 Å². The molecular formula is C35H45BN4O3. The van der Waals surface area contributed by atoms with E-state index in [0.717, 1.165) is 98.7 Å². The van der Waals surface area contributed by atoms with Gasteiger partial charge in [-0.15, -0.1) is 0 Å². The van der Waals surface area contributed by atoms with Crippen LogP contribution in [0, 0.1) is 20.8 Å². The first-order chi connectivity index (χ1) is 20.7. The molecule has 1 saturated carbocycles. The smallest absolute Gasteiger partial charge is 0.253 e. The number of carbonyl (C=O) groups is 1. The molecule has 1 amide bonds. The number of H-pyrrole nitrogens is 1. The Balaban J connectivity index is 1.46. The van der Waals surface area contributed by atoms with Crippen molar-refractivity contribution in [1.82, 2.24) is 15.2 Å². The molecule has 0 unspecified atom stereocenters. The summed E-state index contributed by atoms with van der Waals surface area (Å²) in [7, 11) is 6.25. The monoisotopic (exact) mass is 580 g/mol. The number of amides is 1. The minimum absolute atomic E-state index is 0.159. The normalized spacial score (nSPS) is 19.3. The molecule has 2 radical (unpaired) electrons. The Bertz CT molecular complexity index is 1470. The van der Waals surface area contributed by atoms with Gasteiger partial charge in [-0.3, -0.25) is 14.5 Å². The van der Waals surface area contributed by atoms with Crippen molar-refractivity contribution in [1.29, 1.82) is 0 Å². The molecule has 0 spiro atoms. The number of ether oxygens (including phenoxy) is 1. The van der Waals surface area contributed by atoms with E-state index >= 15 is 0 Å². The van der Waals surface area contributed by atoms with Crippen LogP contribution in [0.25, 0.3) is 11.1 Å². The minimum atomic E-state index is -0.175. The summed E-state index contributed by atoms with van der Waals surface area (Å²) >= 11 is 0. The summed E-state index contributed by atoms with van der Waals surface area (Å²) in [5, 5.41) is 3.05. The first-order valence-corrected chi connectivity index (χ1v) is 15.8. The largest absolute Gasteiger partial charge is 0.379 e. The summed E-state index contributed by atoms with van der Waals surface area (Å²) in [5.41, 5.74) is 8.14. The van der Waals surface area contributed by atoms with Gasteiger partial charge < -0.3 is 19.9 Å². The molecule has 8 heteroatoms.